The van der Waals surface area contributed by atoms with E-state index in [9.17, 15) is 4.79 Å². The van der Waals surface area contributed by atoms with Crippen molar-refractivity contribution in [2.75, 3.05) is 20.7 Å². The lowest BCUT2D eigenvalue weighted by Gasteiger charge is -2.29. The third-order valence-corrected chi connectivity index (χ3v) is 3.37. The average Bonchev–Trinajstić information content (AvgIpc) is 2.39. The second-order valence-electron chi connectivity index (χ2n) is 5.51. The lowest BCUT2D eigenvalue weighted by molar-refractivity contribution is -0.116. The first kappa shape index (κ1) is 15.7. The minimum atomic E-state index is -0.258. The molecule has 1 atom stereocenters. The molecule has 0 radical (unpaired) electrons. The van der Waals surface area contributed by atoms with Crippen molar-refractivity contribution in [3.05, 3.63) is 29.8 Å². The molecule has 1 aromatic carbocycles. The van der Waals surface area contributed by atoms with Gasteiger partial charge in [-0.05, 0) is 19.5 Å². The number of methoxy groups -OCH3 is 1. The summed E-state index contributed by atoms with van der Waals surface area (Å²) in [5.41, 5.74) is 0.892. The molecule has 1 rings (SSSR count). The van der Waals surface area contributed by atoms with Gasteiger partial charge >= 0.3 is 0 Å². The van der Waals surface area contributed by atoms with Gasteiger partial charge in [0.15, 0.2) is 0 Å². The molecule has 0 amide bonds. The Morgan fingerprint density at radius 1 is 1.37 bits per heavy atom. The summed E-state index contributed by atoms with van der Waals surface area (Å²) in [7, 11) is 3.73. The zero-order valence-corrected chi connectivity index (χ0v) is 12.5. The molecule has 0 heterocycles. The number of rotatable bonds is 8. The Morgan fingerprint density at radius 2 is 2.05 bits per heavy atom. The highest BCUT2D eigenvalue weighted by atomic mass is 16.5. The van der Waals surface area contributed by atoms with Crippen LogP contribution in [-0.2, 0) is 11.3 Å². The summed E-state index contributed by atoms with van der Waals surface area (Å²) < 4.78 is 5.35. The van der Waals surface area contributed by atoms with E-state index in [0.717, 1.165) is 43.5 Å². The average molecular weight is 263 g/mol. The number of carbonyl (C=O) groups excluding carboxylic acids is 1. The highest BCUT2D eigenvalue weighted by Crippen LogP contribution is 2.24. The summed E-state index contributed by atoms with van der Waals surface area (Å²) >= 11 is 0. The monoisotopic (exact) mass is 263 g/mol. The van der Waals surface area contributed by atoms with Crippen LogP contribution in [0.3, 0.4) is 0 Å². The summed E-state index contributed by atoms with van der Waals surface area (Å²) in [4.78, 5) is 13.5. The Morgan fingerprint density at radius 3 is 2.63 bits per heavy atom. The quantitative estimate of drug-likeness (QED) is 0.675. The maximum atomic E-state index is 11.3. The zero-order valence-electron chi connectivity index (χ0n) is 12.5. The van der Waals surface area contributed by atoms with Crippen LogP contribution in [0.25, 0.3) is 0 Å². The van der Waals surface area contributed by atoms with Crippen LogP contribution in [0.4, 0.5) is 0 Å². The van der Waals surface area contributed by atoms with Crippen molar-refractivity contribution in [3.63, 3.8) is 0 Å². The molecule has 3 nitrogen and oxygen atoms in total. The Labute approximate surface area is 116 Å². The molecule has 106 valence electrons. The van der Waals surface area contributed by atoms with E-state index in [4.69, 9.17) is 4.74 Å². The van der Waals surface area contributed by atoms with Gasteiger partial charge in [-0.15, -0.1) is 0 Å². The molecule has 0 saturated carbocycles. The smallest absolute Gasteiger partial charge is 0.127 e. The Balaban J connectivity index is 2.69. The highest BCUT2D eigenvalue weighted by Gasteiger charge is 2.24. The van der Waals surface area contributed by atoms with Gasteiger partial charge in [0, 0.05) is 24.1 Å². The van der Waals surface area contributed by atoms with Gasteiger partial charge in [0.05, 0.1) is 7.11 Å². The van der Waals surface area contributed by atoms with Crippen molar-refractivity contribution in [2.45, 2.75) is 33.2 Å². The summed E-state index contributed by atoms with van der Waals surface area (Å²) in [5, 5.41) is 0. The largest absolute Gasteiger partial charge is 0.496 e. The molecule has 1 aromatic rings. The molecular weight excluding hydrogens is 238 g/mol. The number of ether oxygens (including phenoxy) is 1. The SMILES string of the molecule is CCCC(C)(C=O)CN(C)Cc1ccccc1OC. The second-order valence-corrected chi connectivity index (χ2v) is 5.51. The zero-order chi connectivity index (χ0) is 14.3. The molecule has 0 aliphatic heterocycles. The van der Waals surface area contributed by atoms with Crippen molar-refractivity contribution in [3.8, 4) is 5.75 Å². The predicted octanol–water partition coefficient (Wildman–Crippen LogP) is 3.13. The number of para-hydroxylation sites is 1. The molecule has 1 unspecified atom stereocenters. The third-order valence-electron chi connectivity index (χ3n) is 3.37. The summed E-state index contributed by atoms with van der Waals surface area (Å²) in [6, 6.07) is 8.01. The molecule has 0 N–H and O–H groups in total. The van der Waals surface area contributed by atoms with Crippen LogP contribution >= 0.6 is 0 Å². The van der Waals surface area contributed by atoms with Crippen molar-refractivity contribution < 1.29 is 9.53 Å². The molecular formula is C16H25NO2. The van der Waals surface area contributed by atoms with Crippen LogP contribution in [0.2, 0.25) is 0 Å². The summed E-state index contributed by atoms with van der Waals surface area (Å²) in [6.07, 6.45) is 3.04. The summed E-state index contributed by atoms with van der Waals surface area (Å²) in [6.45, 7) is 5.70. The maximum absolute atomic E-state index is 11.3. The van der Waals surface area contributed by atoms with Crippen molar-refractivity contribution in [1.82, 2.24) is 4.90 Å². The van der Waals surface area contributed by atoms with Gasteiger partial charge in [0.2, 0.25) is 0 Å². The topological polar surface area (TPSA) is 29.5 Å². The first-order chi connectivity index (χ1) is 9.04. The fraction of sp³-hybridized carbons (Fsp3) is 0.562. The number of carbonyl (C=O) groups is 1. The van der Waals surface area contributed by atoms with Gasteiger partial charge in [0.1, 0.15) is 12.0 Å². The molecule has 3 heteroatoms. The number of nitrogens with zero attached hydrogens (tertiary/aromatic N) is 1. The van der Waals surface area contributed by atoms with Crippen LogP contribution in [0.5, 0.6) is 5.75 Å². The van der Waals surface area contributed by atoms with Gasteiger partial charge in [0.25, 0.3) is 0 Å². The van der Waals surface area contributed by atoms with E-state index in [-0.39, 0.29) is 5.41 Å². The highest BCUT2D eigenvalue weighted by molar-refractivity contribution is 5.59. The molecule has 0 aliphatic carbocycles. The van der Waals surface area contributed by atoms with Crippen LogP contribution in [0.1, 0.15) is 32.3 Å². The third kappa shape index (κ3) is 4.67. The Bertz CT molecular complexity index is 405. The molecule has 0 aliphatic rings. The maximum Gasteiger partial charge on any atom is 0.127 e. The van der Waals surface area contributed by atoms with Crippen LogP contribution in [0, 0.1) is 5.41 Å². The van der Waals surface area contributed by atoms with Gasteiger partial charge in [-0.1, -0.05) is 38.5 Å². The Kier molecular flexibility index (Phi) is 6.03. The number of hydrogen-bond donors (Lipinski definition) is 0. The van der Waals surface area contributed by atoms with E-state index in [1.165, 1.54) is 0 Å². The van der Waals surface area contributed by atoms with E-state index in [2.05, 4.69) is 17.9 Å². The van der Waals surface area contributed by atoms with Gasteiger partial charge in [-0.3, -0.25) is 0 Å². The second kappa shape index (κ2) is 7.29. The minimum Gasteiger partial charge on any atom is -0.496 e. The molecule has 0 spiro atoms. The van der Waals surface area contributed by atoms with E-state index in [0.29, 0.717) is 0 Å². The number of benzene rings is 1. The first-order valence-electron chi connectivity index (χ1n) is 6.81. The van der Waals surface area contributed by atoms with E-state index >= 15 is 0 Å². The van der Waals surface area contributed by atoms with Crippen molar-refractivity contribution in [1.29, 1.82) is 0 Å². The van der Waals surface area contributed by atoms with Crippen LogP contribution in [0.15, 0.2) is 24.3 Å². The fourth-order valence-corrected chi connectivity index (χ4v) is 2.54. The predicted molar refractivity (Wildman–Crippen MR) is 78.4 cm³/mol. The molecule has 0 aromatic heterocycles. The van der Waals surface area contributed by atoms with Crippen molar-refractivity contribution >= 4 is 6.29 Å². The molecule has 19 heavy (non-hydrogen) atoms. The van der Waals surface area contributed by atoms with Crippen LogP contribution < -0.4 is 4.74 Å². The molecule has 0 fully saturated rings. The molecule has 0 bridgehead atoms. The standard InChI is InChI=1S/C16H25NO2/c1-5-10-16(2,13-18)12-17(3)11-14-8-6-7-9-15(14)19-4/h6-9,13H,5,10-12H2,1-4H3. The fourth-order valence-electron chi connectivity index (χ4n) is 2.54. The van der Waals surface area contributed by atoms with Gasteiger partial charge in [-0.2, -0.15) is 0 Å². The van der Waals surface area contributed by atoms with E-state index in [1.807, 2.05) is 32.2 Å². The Hall–Kier alpha value is -1.35. The lowest BCUT2D eigenvalue weighted by atomic mass is 9.87. The normalized spacial score (nSPS) is 14.2. The van der Waals surface area contributed by atoms with Crippen LogP contribution in [-0.4, -0.2) is 31.9 Å². The summed E-state index contributed by atoms with van der Waals surface area (Å²) in [5.74, 6) is 0.901. The van der Waals surface area contributed by atoms with E-state index in [1.54, 1.807) is 7.11 Å². The lowest BCUT2D eigenvalue weighted by Crippen LogP contribution is -2.34. The van der Waals surface area contributed by atoms with Gasteiger partial charge in [-0.25, -0.2) is 0 Å². The van der Waals surface area contributed by atoms with E-state index < -0.39 is 0 Å². The number of aldehydes is 1. The molecule has 0 saturated heterocycles. The first-order valence-corrected chi connectivity index (χ1v) is 6.81. The number of hydrogen-bond acceptors (Lipinski definition) is 3. The van der Waals surface area contributed by atoms with Crippen molar-refractivity contribution in [2.24, 2.45) is 5.41 Å². The van der Waals surface area contributed by atoms with Gasteiger partial charge < -0.3 is 14.4 Å². The minimum absolute atomic E-state index is 0.258.